The largest absolute Gasteiger partial charge is 0.286 e. The molecule has 6 heteroatoms. The fourth-order valence-corrected chi connectivity index (χ4v) is 1.81. The van der Waals surface area contributed by atoms with Gasteiger partial charge in [-0.1, -0.05) is 6.07 Å². The fourth-order valence-electron chi connectivity index (χ4n) is 1.81. The van der Waals surface area contributed by atoms with Crippen molar-refractivity contribution in [2.75, 3.05) is 5.01 Å². The first kappa shape index (κ1) is 12.0. The second-order valence-electron chi connectivity index (χ2n) is 3.90. The Labute approximate surface area is 103 Å². The quantitative estimate of drug-likeness (QED) is 0.599. The number of carbonyl (C=O) groups excluding carboxylic acids is 1. The van der Waals surface area contributed by atoms with Crippen LogP contribution in [0.3, 0.4) is 0 Å². The van der Waals surface area contributed by atoms with Crippen LogP contribution in [0.2, 0.25) is 0 Å². The van der Waals surface area contributed by atoms with Crippen molar-refractivity contribution in [1.82, 2.24) is 4.98 Å². The number of aryl methyl sites for hydroxylation is 1. The Hall–Kier alpha value is -2.50. The number of fused-ring (bicyclic) bond motifs is 1. The maximum atomic E-state index is 11.3. The van der Waals surface area contributed by atoms with Gasteiger partial charge in [-0.15, -0.1) is 0 Å². The number of hydrazine groups is 1. The van der Waals surface area contributed by atoms with Crippen molar-refractivity contribution < 1.29 is 9.83 Å². The number of hydrogen-bond acceptors (Lipinski definition) is 4. The summed E-state index contributed by atoms with van der Waals surface area (Å²) in [5, 5.41) is 11.5. The molecule has 1 aromatic carbocycles. The summed E-state index contributed by atoms with van der Waals surface area (Å²) in [5.41, 5.74) is 1.65. The van der Waals surface area contributed by atoms with Crippen molar-refractivity contribution in [2.45, 2.75) is 13.8 Å². The number of benzene rings is 1. The minimum atomic E-state index is -0.715. The van der Waals surface area contributed by atoms with Gasteiger partial charge in [0.1, 0.15) is 5.69 Å². The predicted molar refractivity (Wildman–Crippen MR) is 66.6 cm³/mol. The van der Waals surface area contributed by atoms with E-state index in [2.05, 4.69) is 4.98 Å². The lowest BCUT2D eigenvalue weighted by molar-refractivity contribution is -0.483. The molecule has 2 rings (SSSR count). The van der Waals surface area contributed by atoms with E-state index in [0.717, 1.165) is 17.8 Å². The van der Waals surface area contributed by atoms with Crippen LogP contribution < -0.4 is 5.01 Å². The van der Waals surface area contributed by atoms with Gasteiger partial charge < -0.3 is 0 Å². The van der Waals surface area contributed by atoms with Gasteiger partial charge in [0.15, 0.2) is 5.03 Å². The van der Waals surface area contributed by atoms with E-state index in [1.165, 1.54) is 0 Å². The number of amides is 1. The fraction of sp³-hybridized carbons (Fsp3) is 0.167. The van der Waals surface area contributed by atoms with Crippen LogP contribution in [0.1, 0.15) is 12.5 Å². The van der Waals surface area contributed by atoms with Gasteiger partial charge in [0.25, 0.3) is 5.91 Å². The molecule has 0 fully saturated rings. The summed E-state index contributed by atoms with van der Waals surface area (Å²) in [6, 6.07) is 6.86. The van der Waals surface area contributed by atoms with Crippen LogP contribution in [0, 0.1) is 17.0 Å². The van der Waals surface area contributed by atoms with Crippen molar-refractivity contribution in [3.05, 3.63) is 46.1 Å². The molecule has 1 heterocycles. The number of nitrogens with zero attached hydrogens (tertiary/aromatic N) is 3. The Morgan fingerprint density at radius 2 is 2.17 bits per heavy atom. The molecule has 0 bridgehead atoms. The van der Waals surface area contributed by atoms with E-state index in [1.54, 1.807) is 37.4 Å². The Morgan fingerprint density at radius 1 is 1.44 bits per heavy atom. The summed E-state index contributed by atoms with van der Waals surface area (Å²) >= 11 is 0. The molecule has 0 aliphatic rings. The number of pyridine rings is 1. The van der Waals surface area contributed by atoms with Crippen LogP contribution in [0.4, 0.5) is 5.69 Å². The highest BCUT2D eigenvalue weighted by molar-refractivity contribution is 5.93. The maximum Gasteiger partial charge on any atom is 0.286 e. The van der Waals surface area contributed by atoms with E-state index in [4.69, 9.17) is 0 Å². The lowest BCUT2D eigenvalue weighted by Crippen LogP contribution is -2.34. The number of aromatic nitrogens is 1. The normalized spacial score (nSPS) is 10.3. The summed E-state index contributed by atoms with van der Waals surface area (Å²) in [5.74, 6) is -0.633. The van der Waals surface area contributed by atoms with Gasteiger partial charge >= 0.3 is 0 Å². The average Bonchev–Trinajstić information content (AvgIpc) is 2.29. The van der Waals surface area contributed by atoms with Crippen LogP contribution in [0.15, 0.2) is 30.5 Å². The summed E-state index contributed by atoms with van der Waals surface area (Å²) in [6.07, 6.45) is 1.65. The van der Waals surface area contributed by atoms with Crippen molar-refractivity contribution >= 4 is 22.5 Å². The molecule has 0 saturated carbocycles. The molecule has 0 spiro atoms. The van der Waals surface area contributed by atoms with Crippen molar-refractivity contribution in [2.24, 2.45) is 0 Å². The Kier molecular flexibility index (Phi) is 2.93. The lowest BCUT2D eigenvalue weighted by Gasteiger charge is -2.13. The summed E-state index contributed by atoms with van der Waals surface area (Å²) in [4.78, 5) is 26.4. The van der Waals surface area contributed by atoms with Gasteiger partial charge in [-0.25, -0.2) is 10.1 Å². The highest BCUT2D eigenvalue weighted by Gasteiger charge is 2.24. The second-order valence-corrected chi connectivity index (χ2v) is 3.90. The zero-order chi connectivity index (χ0) is 13.3. The molecule has 0 unspecified atom stereocenters. The molecule has 92 valence electrons. The van der Waals surface area contributed by atoms with Crippen molar-refractivity contribution in [3.63, 3.8) is 0 Å². The summed E-state index contributed by atoms with van der Waals surface area (Å²) in [7, 11) is 0. The van der Waals surface area contributed by atoms with E-state index >= 15 is 0 Å². The van der Waals surface area contributed by atoms with Gasteiger partial charge in [0.2, 0.25) is 0 Å². The molecule has 0 N–H and O–H groups in total. The molecule has 1 aromatic heterocycles. The molecule has 6 nitrogen and oxygen atoms in total. The number of anilines is 1. The molecule has 0 atom stereocenters. The zero-order valence-corrected chi connectivity index (χ0v) is 9.95. The topological polar surface area (TPSA) is 76.3 Å². The maximum absolute atomic E-state index is 11.3. The Morgan fingerprint density at radius 3 is 2.78 bits per heavy atom. The Balaban J connectivity index is 2.66. The van der Waals surface area contributed by atoms with E-state index in [-0.39, 0.29) is 5.69 Å². The molecule has 1 amide bonds. The molecule has 0 saturated heterocycles. The monoisotopic (exact) mass is 245 g/mol. The highest BCUT2D eigenvalue weighted by atomic mass is 16.7. The van der Waals surface area contributed by atoms with Crippen molar-refractivity contribution in [3.8, 4) is 0 Å². The third kappa shape index (κ3) is 2.00. The standard InChI is InChI=1S/C12H11N3O3/c1-8-6-11-10(4-3-5-13-11)7-12(8)14(9(2)16)15(17)18/h3-7H,1-2H3. The van der Waals surface area contributed by atoms with Crippen molar-refractivity contribution in [1.29, 1.82) is 0 Å². The summed E-state index contributed by atoms with van der Waals surface area (Å²) < 4.78 is 0. The van der Waals surface area contributed by atoms with Crippen LogP contribution in [0.5, 0.6) is 0 Å². The van der Waals surface area contributed by atoms with Crippen LogP contribution in [-0.2, 0) is 4.79 Å². The van der Waals surface area contributed by atoms with E-state index in [1.807, 2.05) is 0 Å². The van der Waals surface area contributed by atoms with Gasteiger partial charge in [-0.3, -0.25) is 9.78 Å². The first-order chi connectivity index (χ1) is 8.50. The Bertz CT molecular complexity index is 626. The van der Waals surface area contributed by atoms with Gasteiger partial charge in [-0.05, 0) is 35.7 Å². The van der Waals surface area contributed by atoms with Gasteiger partial charge in [-0.2, -0.15) is 0 Å². The average molecular weight is 245 g/mol. The highest BCUT2D eigenvalue weighted by Crippen LogP contribution is 2.25. The summed E-state index contributed by atoms with van der Waals surface area (Å²) in [6.45, 7) is 2.87. The molecule has 18 heavy (non-hydrogen) atoms. The second kappa shape index (κ2) is 4.40. The molecule has 0 aliphatic carbocycles. The van der Waals surface area contributed by atoms with E-state index in [0.29, 0.717) is 10.6 Å². The minimum absolute atomic E-state index is 0.271. The SMILES string of the molecule is CC(=O)N(c1cc2cccnc2cc1C)[N+](=O)[O-]. The van der Waals surface area contributed by atoms with Crippen LogP contribution in [0.25, 0.3) is 10.9 Å². The first-order valence-electron chi connectivity index (χ1n) is 5.31. The third-order valence-electron chi connectivity index (χ3n) is 2.61. The van der Waals surface area contributed by atoms with Crippen LogP contribution >= 0.6 is 0 Å². The number of hydrogen-bond donors (Lipinski definition) is 0. The molecule has 0 radical (unpaired) electrons. The lowest BCUT2D eigenvalue weighted by atomic mass is 10.1. The zero-order valence-electron chi connectivity index (χ0n) is 9.95. The van der Waals surface area contributed by atoms with E-state index in [9.17, 15) is 14.9 Å². The third-order valence-corrected chi connectivity index (χ3v) is 2.61. The number of nitro groups is 1. The smallest absolute Gasteiger partial charge is 0.269 e. The molecular weight excluding hydrogens is 234 g/mol. The number of carbonyl (C=O) groups is 1. The van der Waals surface area contributed by atoms with E-state index < -0.39 is 10.9 Å². The van der Waals surface area contributed by atoms with Crippen LogP contribution in [-0.4, -0.2) is 15.9 Å². The molecule has 2 aromatic rings. The van der Waals surface area contributed by atoms with Gasteiger partial charge in [0.05, 0.1) is 5.52 Å². The number of rotatable bonds is 2. The molecular formula is C12H11N3O3. The first-order valence-corrected chi connectivity index (χ1v) is 5.31. The minimum Gasteiger partial charge on any atom is -0.269 e. The van der Waals surface area contributed by atoms with Gasteiger partial charge in [0, 0.05) is 18.5 Å². The molecule has 0 aliphatic heterocycles. The predicted octanol–water partition coefficient (Wildman–Crippen LogP) is 2.09.